The predicted molar refractivity (Wildman–Crippen MR) is 64.3 cm³/mol. The molecular formula is C12H18N2O3. The first-order valence-electron chi connectivity index (χ1n) is 5.49. The number of hydrogen-bond donors (Lipinski definition) is 2. The van der Waals surface area contributed by atoms with E-state index in [9.17, 15) is 14.7 Å². The highest BCUT2D eigenvalue weighted by atomic mass is 16.4. The zero-order chi connectivity index (χ0) is 13.2. The first-order valence-corrected chi connectivity index (χ1v) is 5.49. The summed E-state index contributed by atoms with van der Waals surface area (Å²) in [7, 11) is 0. The Balaban J connectivity index is 2.91. The van der Waals surface area contributed by atoms with E-state index in [1.165, 1.54) is 11.0 Å². The van der Waals surface area contributed by atoms with Gasteiger partial charge in [-0.25, -0.2) is 4.79 Å². The van der Waals surface area contributed by atoms with Crippen LogP contribution in [0.2, 0.25) is 0 Å². The van der Waals surface area contributed by atoms with Crippen LogP contribution in [-0.2, 0) is 9.59 Å². The second kappa shape index (κ2) is 5.14. The van der Waals surface area contributed by atoms with Crippen molar-refractivity contribution in [2.45, 2.75) is 37.9 Å². The van der Waals surface area contributed by atoms with E-state index in [2.05, 4.69) is 13.2 Å². The van der Waals surface area contributed by atoms with Crippen molar-refractivity contribution in [3.63, 3.8) is 0 Å². The molecule has 0 radical (unpaired) electrons. The van der Waals surface area contributed by atoms with E-state index in [4.69, 9.17) is 5.73 Å². The Morgan fingerprint density at radius 3 is 2.71 bits per heavy atom. The zero-order valence-corrected chi connectivity index (χ0v) is 9.93. The number of carbonyl (C=O) groups is 2. The number of carboxylic acid groups (broad SMARTS) is 1. The van der Waals surface area contributed by atoms with Crippen molar-refractivity contribution in [3.05, 3.63) is 24.8 Å². The lowest BCUT2D eigenvalue weighted by Gasteiger charge is -2.28. The SMILES string of the molecule is C=CC(=C)C[C@@H](C(=O)O)N1C(=O)C(N)CC1C. The Morgan fingerprint density at radius 1 is 1.76 bits per heavy atom. The number of carbonyl (C=O) groups excluding carboxylic acids is 1. The van der Waals surface area contributed by atoms with Gasteiger partial charge in [-0.1, -0.05) is 24.8 Å². The van der Waals surface area contributed by atoms with Gasteiger partial charge >= 0.3 is 5.97 Å². The molecule has 5 nitrogen and oxygen atoms in total. The number of likely N-dealkylation sites (tertiary alicyclic amines) is 1. The summed E-state index contributed by atoms with van der Waals surface area (Å²) in [5.41, 5.74) is 6.23. The molecule has 0 aliphatic carbocycles. The first-order chi connectivity index (χ1) is 7.88. The van der Waals surface area contributed by atoms with Gasteiger partial charge < -0.3 is 15.7 Å². The highest BCUT2D eigenvalue weighted by Gasteiger charge is 2.41. The van der Waals surface area contributed by atoms with Crippen LogP contribution in [0.1, 0.15) is 19.8 Å². The van der Waals surface area contributed by atoms with Crippen molar-refractivity contribution < 1.29 is 14.7 Å². The molecule has 3 N–H and O–H groups in total. The van der Waals surface area contributed by atoms with Crippen molar-refractivity contribution >= 4 is 11.9 Å². The molecule has 1 rings (SSSR count). The number of rotatable bonds is 5. The lowest BCUT2D eigenvalue weighted by atomic mass is 10.1. The number of allylic oxidation sites excluding steroid dienone is 1. The van der Waals surface area contributed by atoms with Gasteiger partial charge in [-0.3, -0.25) is 4.79 Å². The van der Waals surface area contributed by atoms with Crippen LogP contribution in [-0.4, -0.2) is 40.0 Å². The molecule has 1 amide bonds. The lowest BCUT2D eigenvalue weighted by Crippen LogP contribution is -2.47. The van der Waals surface area contributed by atoms with Crippen molar-refractivity contribution in [2.75, 3.05) is 0 Å². The number of amides is 1. The summed E-state index contributed by atoms with van der Waals surface area (Å²) in [5, 5.41) is 9.19. The smallest absolute Gasteiger partial charge is 0.326 e. The molecule has 1 heterocycles. The van der Waals surface area contributed by atoms with Gasteiger partial charge in [0.25, 0.3) is 0 Å². The average Bonchev–Trinajstić information content (AvgIpc) is 2.50. The average molecular weight is 238 g/mol. The molecule has 1 aliphatic rings. The van der Waals surface area contributed by atoms with Crippen LogP contribution in [0.4, 0.5) is 0 Å². The summed E-state index contributed by atoms with van der Waals surface area (Å²) in [6.45, 7) is 9.02. The van der Waals surface area contributed by atoms with Gasteiger partial charge in [0, 0.05) is 12.5 Å². The summed E-state index contributed by atoms with van der Waals surface area (Å²) < 4.78 is 0. The molecule has 5 heteroatoms. The molecule has 0 aromatic heterocycles. The van der Waals surface area contributed by atoms with E-state index >= 15 is 0 Å². The zero-order valence-electron chi connectivity index (χ0n) is 9.93. The molecule has 0 aromatic carbocycles. The maximum absolute atomic E-state index is 11.8. The fraction of sp³-hybridized carbons (Fsp3) is 0.500. The van der Waals surface area contributed by atoms with Crippen LogP contribution in [0.15, 0.2) is 24.8 Å². The summed E-state index contributed by atoms with van der Waals surface area (Å²) in [6, 6.07) is -1.66. The van der Waals surface area contributed by atoms with Crippen LogP contribution in [0.3, 0.4) is 0 Å². The number of nitrogens with two attached hydrogens (primary N) is 1. The minimum Gasteiger partial charge on any atom is -0.480 e. The molecule has 1 aliphatic heterocycles. The molecule has 2 unspecified atom stereocenters. The van der Waals surface area contributed by atoms with Gasteiger partial charge in [0.05, 0.1) is 6.04 Å². The Kier molecular flexibility index (Phi) is 4.07. The normalized spacial score (nSPS) is 25.8. The van der Waals surface area contributed by atoms with E-state index < -0.39 is 18.1 Å². The first kappa shape index (κ1) is 13.4. The molecule has 3 atom stereocenters. The van der Waals surface area contributed by atoms with E-state index in [1.54, 1.807) is 6.92 Å². The Labute approximate surface area is 101 Å². The standard InChI is InChI=1S/C12H18N2O3/c1-4-7(2)5-10(12(16)17)14-8(3)6-9(13)11(14)15/h4,8-10H,1-2,5-6,13H2,3H3,(H,16,17)/t8?,9?,10-/m0/s1. The second-order valence-corrected chi connectivity index (χ2v) is 4.36. The second-order valence-electron chi connectivity index (χ2n) is 4.36. The third-order valence-electron chi connectivity index (χ3n) is 3.01. The fourth-order valence-electron chi connectivity index (χ4n) is 2.09. The van der Waals surface area contributed by atoms with Gasteiger partial charge in [0.2, 0.25) is 5.91 Å². The number of carboxylic acids is 1. The van der Waals surface area contributed by atoms with Gasteiger partial charge in [-0.2, -0.15) is 0 Å². The molecular weight excluding hydrogens is 220 g/mol. The van der Waals surface area contributed by atoms with Gasteiger partial charge in [-0.15, -0.1) is 0 Å². The van der Waals surface area contributed by atoms with Gasteiger partial charge in [-0.05, 0) is 13.3 Å². The molecule has 0 bridgehead atoms. The van der Waals surface area contributed by atoms with Gasteiger partial charge in [0.1, 0.15) is 6.04 Å². The van der Waals surface area contributed by atoms with Crippen LogP contribution in [0.5, 0.6) is 0 Å². The van der Waals surface area contributed by atoms with E-state index in [-0.39, 0.29) is 18.4 Å². The Bertz CT molecular complexity index is 365. The highest BCUT2D eigenvalue weighted by molar-refractivity contribution is 5.89. The molecule has 17 heavy (non-hydrogen) atoms. The minimum atomic E-state index is -1.04. The van der Waals surface area contributed by atoms with Crippen molar-refractivity contribution in [1.82, 2.24) is 4.90 Å². The van der Waals surface area contributed by atoms with Gasteiger partial charge in [0.15, 0.2) is 0 Å². The van der Waals surface area contributed by atoms with Crippen LogP contribution in [0, 0.1) is 0 Å². The monoisotopic (exact) mass is 238 g/mol. The van der Waals surface area contributed by atoms with E-state index in [1.807, 2.05) is 0 Å². The quantitative estimate of drug-likeness (QED) is 0.684. The molecule has 0 spiro atoms. The third-order valence-corrected chi connectivity index (χ3v) is 3.01. The molecule has 1 fully saturated rings. The summed E-state index contributed by atoms with van der Waals surface area (Å²) in [5.74, 6) is -1.34. The third kappa shape index (κ3) is 2.74. The molecule has 0 saturated carbocycles. The van der Waals surface area contributed by atoms with E-state index in [0.29, 0.717) is 12.0 Å². The summed E-state index contributed by atoms with van der Waals surface area (Å²) in [4.78, 5) is 24.4. The van der Waals surface area contributed by atoms with Crippen molar-refractivity contribution in [1.29, 1.82) is 0 Å². The maximum Gasteiger partial charge on any atom is 0.326 e. The number of hydrogen-bond acceptors (Lipinski definition) is 3. The van der Waals surface area contributed by atoms with Crippen molar-refractivity contribution in [2.24, 2.45) is 5.73 Å². The van der Waals surface area contributed by atoms with Crippen molar-refractivity contribution in [3.8, 4) is 0 Å². The highest BCUT2D eigenvalue weighted by Crippen LogP contribution is 2.24. The molecule has 1 saturated heterocycles. The Hall–Kier alpha value is -1.62. The Morgan fingerprint density at radius 2 is 2.35 bits per heavy atom. The van der Waals surface area contributed by atoms with E-state index in [0.717, 1.165) is 0 Å². The fourth-order valence-corrected chi connectivity index (χ4v) is 2.09. The molecule has 0 aromatic rings. The minimum absolute atomic E-state index is 0.156. The van der Waals surface area contributed by atoms with Crippen LogP contribution < -0.4 is 5.73 Å². The lowest BCUT2D eigenvalue weighted by molar-refractivity contribution is -0.149. The van der Waals surface area contributed by atoms with Crippen LogP contribution in [0.25, 0.3) is 0 Å². The number of aliphatic carboxylic acids is 1. The summed E-state index contributed by atoms with van der Waals surface area (Å²) >= 11 is 0. The topological polar surface area (TPSA) is 83.6 Å². The largest absolute Gasteiger partial charge is 0.480 e. The predicted octanol–water partition coefficient (Wildman–Crippen LogP) is 0.520. The summed E-state index contributed by atoms with van der Waals surface area (Å²) in [6.07, 6.45) is 2.17. The maximum atomic E-state index is 11.8. The van der Waals surface area contributed by atoms with Crippen LogP contribution >= 0.6 is 0 Å². The molecule has 94 valence electrons. The number of nitrogens with zero attached hydrogens (tertiary/aromatic N) is 1.